The number of rotatable bonds is 0. The predicted octanol–water partition coefficient (Wildman–Crippen LogP) is 3.71. The summed E-state index contributed by atoms with van der Waals surface area (Å²) in [6.45, 7) is 0. The average Bonchev–Trinajstić information content (AvgIpc) is 2.75. The molecule has 0 N–H and O–H groups in total. The Balaban J connectivity index is 2.56. The van der Waals surface area contributed by atoms with Crippen LogP contribution in [-0.4, -0.2) is 19.6 Å². The van der Waals surface area contributed by atoms with Crippen LogP contribution in [0.5, 0.6) is 0 Å². The smallest absolute Gasteiger partial charge is 0.267 e. The molecule has 0 radical (unpaired) electrons. The van der Waals surface area contributed by atoms with Crippen LogP contribution in [-0.2, 0) is 6.18 Å². The van der Waals surface area contributed by atoms with Crippen LogP contribution in [0.2, 0.25) is 5.15 Å². The van der Waals surface area contributed by atoms with E-state index in [9.17, 15) is 13.2 Å². The number of aromatic nitrogens is 4. The molecule has 2 heterocycles. The van der Waals surface area contributed by atoms with E-state index in [1.54, 1.807) is 12.1 Å². The number of nitrogens with zero attached hydrogens (tertiary/aromatic N) is 4. The fourth-order valence-corrected chi connectivity index (χ4v) is 2.32. The average molecular weight is 352 g/mol. The zero-order chi connectivity index (χ0) is 13.8. The van der Waals surface area contributed by atoms with Gasteiger partial charge in [-0.25, -0.2) is 4.98 Å². The minimum absolute atomic E-state index is 0.125. The second-order valence-electron chi connectivity index (χ2n) is 3.72. The van der Waals surface area contributed by atoms with Crippen molar-refractivity contribution in [3.63, 3.8) is 0 Å². The Hall–Kier alpha value is -1.41. The Morgan fingerprint density at radius 1 is 1.21 bits per heavy atom. The molecule has 3 rings (SSSR count). The first kappa shape index (κ1) is 12.6. The molecule has 0 fully saturated rings. The summed E-state index contributed by atoms with van der Waals surface area (Å²) in [4.78, 5) is 3.99. The zero-order valence-corrected chi connectivity index (χ0v) is 11.3. The lowest BCUT2D eigenvalue weighted by Crippen LogP contribution is -2.11. The second-order valence-corrected chi connectivity index (χ2v) is 4.99. The third-order valence-electron chi connectivity index (χ3n) is 2.50. The summed E-state index contributed by atoms with van der Waals surface area (Å²) in [5.74, 6) is -1.13. The molecule has 0 aliphatic heterocycles. The van der Waals surface area contributed by atoms with Gasteiger partial charge in [-0.15, -0.1) is 10.2 Å². The maximum Gasteiger partial charge on any atom is 0.452 e. The van der Waals surface area contributed by atoms with Gasteiger partial charge < -0.3 is 0 Å². The highest BCUT2D eigenvalue weighted by Gasteiger charge is 2.38. The minimum Gasteiger partial charge on any atom is -0.267 e. The molecule has 1 aromatic carbocycles. The number of alkyl halides is 3. The molecule has 4 nitrogen and oxygen atoms in total. The van der Waals surface area contributed by atoms with Crippen molar-refractivity contribution in [2.24, 2.45) is 0 Å². The van der Waals surface area contributed by atoms with Crippen LogP contribution in [0.1, 0.15) is 5.82 Å². The van der Waals surface area contributed by atoms with Gasteiger partial charge >= 0.3 is 6.18 Å². The van der Waals surface area contributed by atoms with Gasteiger partial charge in [-0.1, -0.05) is 27.5 Å². The van der Waals surface area contributed by atoms with E-state index in [1.807, 2.05) is 0 Å². The molecule has 9 heteroatoms. The number of hydrogen-bond donors (Lipinski definition) is 0. The van der Waals surface area contributed by atoms with E-state index in [4.69, 9.17) is 11.6 Å². The van der Waals surface area contributed by atoms with E-state index in [2.05, 4.69) is 31.1 Å². The third kappa shape index (κ3) is 1.95. The lowest BCUT2D eigenvalue weighted by Gasteiger charge is -2.07. The topological polar surface area (TPSA) is 43.1 Å². The largest absolute Gasteiger partial charge is 0.452 e. The predicted molar refractivity (Wildman–Crippen MR) is 66.0 cm³/mol. The van der Waals surface area contributed by atoms with Crippen molar-refractivity contribution in [2.45, 2.75) is 6.18 Å². The Labute approximate surface area is 117 Å². The fraction of sp³-hybridized carbons (Fsp3) is 0.100. The van der Waals surface area contributed by atoms with Crippen LogP contribution < -0.4 is 0 Å². The van der Waals surface area contributed by atoms with Gasteiger partial charge in [0, 0.05) is 4.47 Å². The summed E-state index contributed by atoms with van der Waals surface area (Å²) < 4.78 is 40.2. The summed E-state index contributed by atoms with van der Waals surface area (Å²) in [5, 5.41) is 6.48. The maximum absolute atomic E-state index is 12.9. The molecule has 2 aromatic heterocycles. The van der Waals surface area contributed by atoms with Crippen molar-refractivity contribution in [1.82, 2.24) is 19.6 Å². The van der Waals surface area contributed by atoms with Crippen molar-refractivity contribution in [1.29, 1.82) is 0 Å². The first-order valence-corrected chi connectivity index (χ1v) is 6.12. The van der Waals surface area contributed by atoms with Gasteiger partial charge in [0.2, 0.25) is 5.82 Å². The second kappa shape index (κ2) is 4.04. The molecular formula is C10H3BrClF3N4. The minimum atomic E-state index is -4.63. The molecule has 0 aliphatic carbocycles. The number of halogens is 5. The molecule has 0 saturated carbocycles. The van der Waals surface area contributed by atoms with Gasteiger partial charge in [0.15, 0.2) is 10.8 Å². The van der Waals surface area contributed by atoms with Gasteiger partial charge in [0.25, 0.3) is 0 Å². The van der Waals surface area contributed by atoms with Crippen LogP contribution in [0.25, 0.3) is 16.7 Å². The molecule has 19 heavy (non-hydrogen) atoms. The van der Waals surface area contributed by atoms with E-state index in [-0.39, 0.29) is 16.3 Å². The number of fused-ring (bicyclic) bond motifs is 3. The Bertz CT molecular complexity index is 799. The highest BCUT2D eigenvalue weighted by molar-refractivity contribution is 9.10. The van der Waals surface area contributed by atoms with E-state index in [0.29, 0.717) is 9.99 Å². The molecule has 0 aliphatic rings. The van der Waals surface area contributed by atoms with Crippen LogP contribution in [0, 0.1) is 0 Å². The van der Waals surface area contributed by atoms with E-state index in [0.717, 1.165) is 4.40 Å². The molecule has 0 unspecified atom stereocenters. The van der Waals surface area contributed by atoms with Crippen molar-refractivity contribution >= 4 is 44.2 Å². The fourth-order valence-electron chi connectivity index (χ4n) is 1.76. The Morgan fingerprint density at radius 2 is 1.95 bits per heavy atom. The van der Waals surface area contributed by atoms with E-state index in [1.165, 1.54) is 6.07 Å². The van der Waals surface area contributed by atoms with Gasteiger partial charge in [0.1, 0.15) is 0 Å². The number of hydrogen-bond acceptors (Lipinski definition) is 3. The first-order chi connectivity index (χ1) is 8.88. The van der Waals surface area contributed by atoms with Crippen molar-refractivity contribution < 1.29 is 13.2 Å². The standard InChI is InChI=1S/C10H3BrClF3N4/c11-4-1-2-5-6(3-4)19-8(7(12)16-5)17-18-9(19)10(13,14)15/h1-3H. The van der Waals surface area contributed by atoms with E-state index >= 15 is 0 Å². The molecular weight excluding hydrogens is 348 g/mol. The monoisotopic (exact) mass is 350 g/mol. The Kier molecular flexibility index (Phi) is 2.68. The summed E-state index contributed by atoms with van der Waals surface area (Å²) >= 11 is 9.03. The third-order valence-corrected chi connectivity index (χ3v) is 3.24. The SMILES string of the molecule is FC(F)(F)c1nnc2c(Cl)nc3ccc(Br)cc3n12. The summed E-state index contributed by atoms with van der Waals surface area (Å²) in [7, 11) is 0. The zero-order valence-electron chi connectivity index (χ0n) is 8.91. The Morgan fingerprint density at radius 3 is 2.63 bits per heavy atom. The van der Waals surface area contributed by atoms with Crippen LogP contribution in [0.4, 0.5) is 13.2 Å². The lowest BCUT2D eigenvalue weighted by molar-refractivity contribution is -0.145. The molecule has 3 aromatic rings. The summed E-state index contributed by atoms with van der Waals surface area (Å²) in [6.07, 6.45) is -4.63. The molecule has 98 valence electrons. The summed E-state index contributed by atoms with van der Waals surface area (Å²) in [6, 6.07) is 4.73. The van der Waals surface area contributed by atoms with Crippen molar-refractivity contribution in [3.8, 4) is 0 Å². The molecule has 0 amide bonds. The van der Waals surface area contributed by atoms with Crippen molar-refractivity contribution in [2.75, 3.05) is 0 Å². The molecule has 0 atom stereocenters. The maximum atomic E-state index is 12.9. The molecule has 0 bridgehead atoms. The van der Waals surface area contributed by atoms with Crippen LogP contribution >= 0.6 is 27.5 Å². The normalized spacial score (nSPS) is 12.5. The molecule has 0 saturated heterocycles. The van der Waals surface area contributed by atoms with Crippen LogP contribution in [0.3, 0.4) is 0 Å². The summed E-state index contributed by atoms with van der Waals surface area (Å²) in [5.41, 5.74) is 0.427. The van der Waals surface area contributed by atoms with Gasteiger partial charge in [-0.2, -0.15) is 13.2 Å². The van der Waals surface area contributed by atoms with Crippen LogP contribution in [0.15, 0.2) is 22.7 Å². The van der Waals surface area contributed by atoms with Crippen molar-refractivity contribution in [3.05, 3.63) is 33.6 Å². The highest BCUT2D eigenvalue weighted by atomic mass is 79.9. The van der Waals surface area contributed by atoms with Gasteiger partial charge in [-0.05, 0) is 18.2 Å². The number of benzene rings is 1. The van der Waals surface area contributed by atoms with Gasteiger partial charge in [0.05, 0.1) is 11.0 Å². The lowest BCUT2D eigenvalue weighted by atomic mass is 10.3. The highest BCUT2D eigenvalue weighted by Crippen LogP contribution is 2.32. The van der Waals surface area contributed by atoms with Gasteiger partial charge in [-0.3, -0.25) is 4.40 Å². The first-order valence-electron chi connectivity index (χ1n) is 4.95. The quantitative estimate of drug-likeness (QED) is 0.620. The molecule has 0 spiro atoms. The van der Waals surface area contributed by atoms with E-state index < -0.39 is 12.0 Å².